The first-order chi connectivity index (χ1) is 12.7. The lowest BCUT2D eigenvalue weighted by atomic mass is 10.0. The van der Waals surface area contributed by atoms with Gasteiger partial charge in [0.1, 0.15) is 11.9 Å². The van der Waals surface area contributed by atoms with Crippen molar-refractivity contribution in [2.24, 2.45) is 7.05 Å². The Kier molecular flexibility index (Phi) is 3.92. The number of piperidine rings is 1. The molecular formula is C21H27N3O2. The third-order valence-corrected chi connectivity index (χ3v) is 6.30. The number of aromatic nitrogens is 1. The monoisotopic (exact) mass is 353 g/mol. The molecule has 1 atom stereocenters. The first-order valence-corrected chi connectivity index (χ1v) is 9.96. The number of nitrogens with zero attached hydrogens (tertiary/aromatic N) is 3. The van der Waals surface area contributed by atoms with Crippen molar-refractivity contribution in [2.75, 3.05) is 19.6 Å². The molecule has 0 N–H and O–H groups in total. The average Bonchev–Trinajstić information content (AvgIpc) is 3.33. The van der Waals surface area contributed by atoms with Crippen molar-refractivity contribution in [3.63, 3.8) is 0 Å². The maximum atomic E-state index is 12.7. The quantitative estimate of drug-likeness (QED) is 0.848. The molecule has 2 saturated heterocycles. The van der Waals surface area contributed by atoms with E-state index in [1.807, 2.05) is 0 Å². The van der Waals surface area contributed by atoms with Gasteiger partial charge < -0.3 is 14.2 Å². The smallest absolute Gasteiger partial charge is 0.240 e. The molecule has 5 heteroatoms. The van der Waals surface area contributed by atoms with Crippen LogP contribution < -0.4 is 4.74 Å². The zero-order valence-corrected chi connectivity index (χ0v) is 15.4. The van der Waals surface area contributed by atoms with Crippen LogP contribution in [0.25, 0.3) is 10.9 Å². The van der Waals surface area contributed by atoms with Crippen LogP contribution in [0.1, 0.15) is 32.1 Å². The van der Waals surface area contributed by atoms with Crippen LogP contribution >= 0.6 is 0 Å². The zero-order chi connectivity index (χ0) is 17.7. The maximum absolute atomic E-state index is 12.7. The minimum Gasteiger partial charge on any atom is -0.490 e. The van der Waals surface area contributed by atoms with Gasteiger partial charge in [0.15, 0.2) is 0 Å². The number of benzene rings is 1. The molecule has 3 aliphatic rings. The Labute approximate surface area is 154 Å². The predicted molar refractivity (Wildman–Crippen MR) is 101 cm³/mol. The van der Waals surface area contributed by atoms with E-state index in [1.165, 1.54) is 23.7 Å². The van der Waals surface area contributed by atoms with Crippen molar-refractivity contribution in [1.82, 2.24) is 14.4 Å². The van der Waals surface area contributed by atoms with Gasteiger partial charge in [0.05, 0.1) is 11.6 Å². The lowest BCUT2D eigenvalue weighted by Crippen LogP contribution is -2.47. The minimum atomic E-state index is 0.120. The fraction of sp³-hybridized carbons (Fsp3) is 0.571. The molecule has 1 saturated carbocycles. The van der Waals surface area contributed by atoms with E-state index in [0.29, 0.717) is 11.9 Å². The van der Waals surface area contributed by atoms with Crippen LogP contribution in [0, 0.1) is 0 Å². The molecule has 1 aromatic carbocycles. The number of carbonyl (C=O) groups excluding carboxylic acids is 1. The molecule has 0 bridgehead atoms. The molecule has 138 valence electrons. The summed E-state index contributed by atoms with van der Waals surface area (Å²) in [6, 6.07) is 9.07. The maximum Gasteiger partial charge on any atom is 0.240 e. The fourth-order valence-corrected chi connectivity index (χ4v) is 4.64. The summed E-state index contributed by atoms with van der Waals surface area (Å²) in [7, 11) is 2.06. The van der Waals surface area contributed by atoms with Gasteiger partial charge in [0.2, 0.25) is 5.91 Å². The van der Waals surface area contributed by atoms with E-state index in [9.17, 15) is 4.79 Å². The molecule has 1 aliphatic carbocycles. The van der Waals surface area contributed by atoms with Crippen LogP contribution in [0.2, 0.25) is 0 Å². The number of hydrogen-bond donors (Lipinski definition) is 0. The molecule has 0 spiro atoms. The van der Waals surface area contributed by atoms with Gasteiger partial charge in [-0.3, -0.25) is 9.69 Å². The summed E-state index contributed by atoms with van der Waals surface area (Å²) in [5.41, 5.74) is 1.21. The summed E-state index contributed by atoms with van der Waals surface area (Å²) in [5, 5.41) is 1.18. The van der Waals surface area contributed by atoms with E-state index in [2.05, 4.69) is 51.9 Å². The molecule has 3 heterocycles. The van der Waals surface area contributed by atoms with E-state index in [4.69, 9.17) is 4.74 Å². The molecule has 1 unspecified atom stereocenters. The number of aryl methyl sites for hydroxylation is 1. The van der Waals surface area contributed by atoms with Crippen molar-refractivity contribution >= 4 is 16.8 Å². The standard InChI is InChI=1S/C21H27N3O2/c1-22-11-9-17-18(22)3-2-4-20(17)26-16-7-12-23(13-8-16)19-10-14-24(21(19)25)15-5-6-15/h2-4,9,11,15-16,19H,5-8,10,12-14H2,1H3. The van der Waals surface area contributed by atoms with Crippen LogP contribution in [-0.4, -0.2) is 58.1 Å². The highest BCUT2D eigenvalue weighted by Gasteiger charge is 2.43. The predicted octanol–water partition coefficient (Wildman–Crippen LogP) is 2.78. The number of amides is 1. The Morgan fingerprint density at radius 2 is 1.81 bits per heavy atom. The van der Waals surface area contributed by atoms with Crippen molar-refractivity contribution < 1.29 is 9.53 Å². The number of rotatable bonds is 4. The molecular weight excluding hydrogens is 326 g/mol. The first kappa shape index (κ1) is 16.2. The van der Waals surface area contributed by atoms with Gasteiger partial charge in [-0.2, -0.15) is 0 Å². The lowest BCUT2D eigenvalue weighted by Gasteiger charge is -2.35. The third-order valence-electron chi connectivity index (χ3n) is 6.30. The molecule has 2 aromatic rings. The summed E-state index contributed by atoms with van der Waals surface area (Å²) in [5.74, 6) is 1.36. The molecule has 1 amide bonds. The Hall–Kier alpha value is -2.01. The molecule has 3 fully saturated rings. The molecule has 5 nitrogen and oxygen atoms in total. The first-order valence-electron chi connectivity index (χ1n) is 9.96. The third kappa shape index (κ3) is 2.78. The Bertz CT molecular complexity index is 818. The molecule has 1 aromatic heterocycles. The molecule has 0 radical (unpaired) electrons. The molecule has 26 heavy (non-hydrogen) atoms. The van der Waals surface area contributed by atoms with Crippen molar-refractivity contribution in [1.29, 1.82) is 0 Å². The molecule has 2 aliphatic heterocycles. The van der Waals surface area contributed by atoms with Gasteiger partial charge in [-0.15, -0.1) is 0 Å². The fourth-order valence-electron chi connectivity index (χ4n) is 4.64. The minimum absolute atomic E-state index is 0.120. The van der Waals surface area contributed by atoms with E-state index >= 15 is 0 Å². The van der Waals surface area contributed by atoms with Crippen molar-refractivity contribution in [3.05, 3.63) is 30.5 Å². The van der Waals surface area contributed by atoms with Crippen LogP contribution in [0.4, 0.5) is 0 Å². The summed E-state index contributed by atoms with van der Waals surface area (Å²) < 4.78 is 8.48. The summed E-state index contributed by atoms with van der Waals surface area (Å²) >= 11 is 0. The normalized spacial score (nSPS) is 25.3. The average molecular weight is 353 g/mol. The second-order valence-electron chi connectivity index (χ2n) is 8.04. The second-order valence-corrected chi connectivity index (χ2v) is 8.04. The van der Waals surface area contributed by atoms with Crippen LogP contribution in [-0.2, 0) is 11.8 Å². The number of ether oxygens (including phenoxy) is 1. The van der Waals surface area contributed by atoms with Crippen LogP contribution in [0.5, 0.6) is 5.75 Å². The van der Waals surface area contributed by atoms with E-state index < -0.39 is 0 Å². The highest BCUT2D eigenvalue weighted by atomic mass is 16.5. The highest BCUT2D eigenvalue weighted by Crippen LogP contribution is 2.33. The van der Waals surface area contributed by atoms with Gasteiger partial charge in [-0.1, -0.05) is 6.07 Å². The van der Waals surface area contributed by atoms with E-state index in [0.717, 1.165) is 44.6 Å². The SMILES string of the molecule is Cn1ccc2c(OC3CCN(C4CCN(C5CC5)C4=O)CC3)cccc21. The van der Waals surface area contributed by atoms with E-state index in [-0.39, 0.29) is 12.1 Å². The van der Waals surface area contributed by atoms with Gasteiger partial charge in [-0.25, -0.2) is 0 Å². The highest BCUT2D eigenvalue weighted by molar-refractivity contribution is 5.86. The Morgan fingerprint density at radius 3 is 2.58 bits per heavy atom. The summed E-state index contributed by atoms with van der Waals surface area (Å²) in [6.45, 7) is 2.88. The number of hydrogen-bond acceptors (Lipinski definition) is 3. The number of carbonyl (C=O) groups is 1. The van der Waals surface area contributed by atoms with Crippen molar-refractivity contribution in [3.8, 4) is 5.75 Å². The van der Waals surface area contributed by atoms with Gasteiger partial charge in [0.25, 0.3) is 0 Å². The summed E-state index contributed by atoms with van der Waals surface area (Å²) in [6.07, 6.45) is 7.74. The largest absolute Gasteiger partial charge is 0.490 e. The van der Waals surface area contributed by atoms with Gasteiger partial charge >= 0.3 is 0 Å². The van der Waals surface area contributed by atoms with Crippen molar-refractivity contribution in [2.45, 2.75) is 50.3 Å². The van der Waals surface area contributed by atoms with Crippen LogP contribution in [0.3, 0.4) is 0 Å². The van der Waals surface area contributed by atoms with Gasteiger partial charge in [-0.05, 0) is 50.3 Å². The summed E-state index contributed by atoms with van der Waals surface area (Å²) in [4.78, 5) is 17.2. The van der Waals surface area contributed by atoms with Gasteiger partial charge in [0, 0.05) is 44.3 Å². The lowest BCUT2D eigenvalue weighted by molar-refractivity contribution is -0.133. The van der Waals surface area contributed by atoms with E-state index in [1.54, 1.807) is 0 Å². The second kappa shape index (κ2) is 6.31. The topological polar surface area (TPSA) is 37.7 Å². The molecule has 5 rings (SSSR count). The zero-order valence-electron chi connectivity index (χ0n) is 15.4. The number of fused-ring (bicyclic) bond motifs is 1. The Morgan fingerprint density at radius 1 is 1.00 bits per heavy atom. The van der Waals surface area contributed by atoms with Crippen LogP contribution in [0.15, 0.2) is 30.5 Å². The number of likely N-dealkylation sites (tertiary alicyclic amines) is 2. The Balaban J connectivity index is 1.21.